The summed E-state index contributed by atoms with van der Waals surface area (Å²) in [4.78, 5) is 15.1. The van der Waals surface area contributed by atoms with E-state index in [0.717, 1.165) is 49.6 Å². The van der Waals surface area contributed by atoms with Gasteiger partial charge in [0.1, 0.15) is 12.6 Å². The summed E-state index contributed by atoms with van der Waals surface area (Å²) in [5.74, 6) is 1.93. The van der Waals surface area contributed by atoms with Crippen LogP contribution < -0.4 is 5.32 Å². The number of hydrogen-bond acceptors (Lipinski definition) is 7. The van der Waals surface area contributed by atoms with E-state index >= 15 is 0 Å². The van der Waals surface area contributed by atoms with Gasteiger partial charge >= 0.3 is 0 Å². The molecule has 1 fully saturated rings. The Morgan fingerprint density at radius 1 is 1.34 bits per heavy atom. The number of ether oxygens (including phenoxy) is 1. The van der Waals surface area contributed by atoms with Crippen LogP contribution in [-0.2, 0) is 17.8 Å². The zero-order chi connectivity index (χ0) is 20.6. The van der Waals surface area contributed by atoms with Gasteiger partial charge in [-0.2, -0.15) is 4.98 Å². The SMILES string of the molecule is CCNC(=NCc1nc(C(C)OCC)no1)N1CCN(Cc2ccc(Cl)s2)CC1. The summed E-state index contributed by atoms with van der Waals surface area (Å²) >= 11 is 7.69. The minimum Gasteiger partial charge on any atom is -0.371 e. The Hall–Kier alpha value is -1.68. The molecule has 0 spiro atoms. The molecule has 2 aromatic rings. The predicted molar refractivity (Wildman–Crippen MR) is 115 cm³/mol. The molecule has 160 valence electrons. The standard InChI is InChI=1S/C19H29ClN6O2S/c1-4-21-19(22-12-17-23-18(24-28-17)14(3)27-5-2)26-10-8-25(9-11-26)13-15-6-7-16(20)29-15/h6-7,14H,4-5,8-13H2,1-3H3,(H,21,22). The molecule has 1 unspecified atom stereocenters. The molecule has 1 N–H and O–H groups in total. The number of nitrogens with zero attached hydrogens (tertiary/aromatic N) is 5. The van der Waals surface area contributed by atoms with E-state index in [1.165, 1.54) is 4.88 Å². The fourth-order valence-electron chi connectivity index (χ4n) is 3.17. The van der Waals surface area contributed by atoms with Crippen molar-refractivity contribution < 1.29 is 9.26 Å². The first-order valence-corrected chi connectivity index (χ1v) is 11.2. The van der Waals surface area contributed by atoms with Gasteiger partial charge in [0, 0.05) is 50.8 Å². The number of halogens is 1. The van der Waals surface area contributed by atoms with Crippen LogP contribution >= 0.6 is 22.9 Å². The first kappa shape index (κ1) is 22.0. The molecule has 1 atom stereocenters. The molecule has 0 saturated carbocycles. The van der Waals surface area contributed by atoms with E-state index < -0.39 is 0 Å². The van der Waals surface area contributed by atoms with Crippen molar-refractivity contribution in [2.75, 3.05) is 39.3 Å². The average Bonchev–Trinajstić information content (AvgIpc) is 3.35. The van der Waals surface area contributed by atoms with Crippen molar-refractivity contribution in [3.8, 4) is 0 Å². The molecule has 1 aliphatic rings. The minimum atomic E-state index is -0.180. The minimum absolute atomic E-state index is 0.180. The predicted octanol–water partition coefficient (Wildman–Crippen LogP) is 3.17. The normalized spacial score (nSPS) is 17.0. The largest absolute Gasteiger partial charge is 0.371 e. The van der Waals surface area contributed by atoms with Crippen LogP contribution in [0.25, 0.3) is 0 Å². The van der Waals surface area contributed by atoms with Gasteiger partial charge in [0.2, 0.25) is 5.89 Å². The molecule has 0 radical (unpaired) electrons. The molecule has 0 bridgehead atoms. The molecular weight excluding hydrogens is 412 g/mol. The van der Waals surface area contributed by atoms with Gasteiger partial charge in [-0.25, -0.2) is 4.99 Å². The van der Waals surface area contributed by atoms with Crippen molar-refractivity contribution in [2.24, 2.45) is 4.99 Å². The number of guanidine groups is 1. The number of aromatic nitrogens is 2. The fraction of sp³-hybridized carbons (Fsp3) is 0.632. The second kappa shape index (κ2) is 10.9. The van der Waals surface area contributed by atoms with Gasteiger partial charge in [-0.1, -0.05) is 16.8 Å². The summed E-state index contributed by atoms with van der Waals surface area (Å²) < 4.78 is 11.7. The third-order valence-corrected chi connectivity index (χ3v) is 5.86. The smallest absolute Gasteiger partial charge is 0.248 e. The monoisotopic (exact) mass is 440 g/mol. The lowest BCUT2D eigenvalue weighted by molar-refractivity contribution is 0.0683. The van der Waals surface area contributed by atoms with Gasteiger partial charge in [-0.3, -0.25) is 4.90 Å². The number of aliphatic imine (C=N–C) groups is 1. The zero-order valence-corrected chi connectivity index (χ0v) is 18.8. The molecule has 29 heavy (non-hydrogen) atoms. The number of rotatable bonds is 8. The van der Waals surface area contributed by atoms with Crippen molar-refractivity contribution in [1.82, 2.24) is 25.3 Å². The summed E-state index contributed by atoms with van der Waals surface area (Å²) in [5.41, 5.74) is 0. The number of hydrogen-bond donors (Lipinski definition) is 1. The summed E-state index contributed by atoms with van der Waals surface area (Å²) in [5, 5.41) is 7.36. The summed E-state index contributed by atoms with van der Waals surface area (Å²) in [6, 6.07) is 4.07. The molecule has 2 aromatic heterocycles. The van der Waals surface area contributed by atoms with Gasteiger partial charge in [-0.05, 0) is 32.9 Å². The van der Waals surface area contributed by atoms with Crippen LogP contribution in [0, 0.1) is 0 Å². The summed E-state index contributed by atoms with van der Waals surface area (Å²) in [6.07, 6.45) is -0.180. The lowest BCUT2D eigenvalue weighted by atomic mass is 10.3. The molecule has 3 rings (SSSR count). The molecule has 1 aliphatic heterocycles. The van der Waals surface area contributed by atoms with Gasteiger partial charge in [-0.15, -0.1) is 11.3 Å². The maximum Gasteiger partial charge on any atom is 0.248 e. The highest BCUT2D eigenvalue weighted by molar-refractivity contribution is 7.16. The molecule has 3 heterocycles. The number of piperazine rings is 1. The molecule has 0 amide bonds. The average molecular weight is 441 g/mol. The molecule has 1 saturated heterocycles. The third kappa shape index (κ3) is 6.40. The molecule has 8 nitrogen and oxygen atoms in total. The topological polar surface area (TPSA) is 79.0 Å². The van der Waals surface area contributed by atoms with Crippen LogP contribution in [0.4, 0.5) is 0 Å². The fourth-order valence-corrected chi connectivity index (χ4v) is 4.30. The van der Waals surface area contributed by atoms with Crippen LogP contribution in [0.5, 0.6) is 0 Å². The maximum absolute atomic E-state index is 6.04. The molecular formula is C19H29ClN6O2S. The summed E-state index contributed by atoms with van der Waals surface area (Å²) in [6.45, 7) is 12.4. The van der Waals surface area contributed by atoms with Crippen LogP contribution in [0.15, 0.2) is 21.6 Å². The lowest BCUT2D eigenvalue weighted by Crippen LogP contribution is -2.52. The van der Waals surface area contributed by atoms with E-state index in [9.17, 15) is 0 Å². The highest BCUT2D eigenvalue weighted by atomic mass is 35.5. The van der Waals surface area contributed by atoms with Crippen LogP contribution in [0.3, 0.4) is 0 Å². The second-order valence-electron chi connectivity index (χ2n) is 6.78. The highest BCUT2D eigenvalue weighted by Crippen LogP contribution is 2.23. The van der Waals surface area contributed by atoms with Gasteiger partial charge in [0.15, 0.2) is 11.8 Å². The van der Waals surface area contributed by atoms with E-state index in [4.69, 9.17) is 25.9 Å². The molecule has 10 heteroatoms. The van der Waals surface area contributed by atoms with Gasteiger partial charge in [0.05, 0.1) is 4.34 Å². The van der Waals surface area contributed by atoms with E-state index in [1.54, 1.807) is 11.3 Å². The van der Waals surface area contributed by atoms with Gasteiger partial charge < -0.3 is 19.5 Å². The number of thiophene rings is 1. The Kier molecular flexibility index (Phi) is 8.29. The Balaban J connectivity index is 1.54. The summed E-state index contributed by atoms with van der Waals surface area (Å²) in [7, 11) is 0. The Labute approximate surface area is 180 Å². The second-order valence-corrected chi connectivity index (χ2v) is 8.58. The lowest BCUT2D eigenvalue weighted by Gasteiger charge is -2.36. The van der Waals surface area contributed by atoms with Crippen LogP contribution in [-0.4, -0.2) is 65.2 Å². The first-order chi connectivity index (χ1) is 14.1. The quantitative estimate of drug-likeness (QED) is 0.498. The Bertz CT molecular complexity index is 787. The van der Waals surface area contributed by atoms with Crippen molar-refractivity contribution in [2.45, 2.75) is 40.0 Å². The first-order valence-electron chi connectivity index (χ1n) is 10.0. The van der Waals surface area contributed by atoms with Crippen molar-refractivity contribution >= 4 is 28.9 Å². The molecule has 0 aromatic carbocycles. The highest BCUT2D eigenvalue weighted by Gasteiger charge is 2.20. The maximum atomic E-state index is 6.04. The van der Waals surface area contributed by atoms with Crippen LogP contribution in [0.2, 0.25) is 4.34 Å². The Morgan fingerprint density at radius 3 is 2.79 bits per heavy atom. The van der Waals surface area contributed by atoms with Crippen LogP contribution in [0.1, 0.15) is 43.5 Å². The van der Waals surface area contributed by atoms with Crippen molar-refractivity contribution in [1.29, 1.82) is 0 Å². The van der Waals surface area contributed by atoms with E-state index in [0.29, 0.717) is 24.9 Å². The van der Waals surface area contributed by atoms with E-state index in [1.807, 2.05) is 19.9 Å². The van der Waals surface area contributed by atoms with Gasteiger partial charge in [0.25, 0.3) is 0 Å². The molecule has 0 aliphatic carbocycles. The third-order valence-electron chi connectivity index (χ3n) is 4.64. The zero-order valence-electron chi connectivity index (χ0n) is 17.2. The Morgan fingerprint density at radius 2 is 2.14 bits per heavy atom. The number of nitrogens with one attached hydrogen (secondary N) is 1. The van der Waals surface area contributed by atoms with Crippen molar-refractivity contribution in [3.63, 3.8) is 0 Å². The van der Waals surface area contributed by atoms with E-state index in [2.05, 4.69) is 38.2 Å². The van der Waals surface area contributed by atoms with Crippen molar-refractivity contribution in [3.05, 3.63) is 33.1 Å². The van der Waals surface area contributed by atoms with E-state index in [-0.39, 0.29) is 6.10 Å².